The molecule has 1 aromatic heterocycles. The van der Waals surface area contributed by atoms with E-state index < -0.39 is 17.9 Å². The summed E-state index contributed by atoms with van der Waals surface area (Å²) in [5, 5.41) is 0. The average molecular weight is 279 g/mol. The van der Waals surface area contributed by atoms with Gasteiger partial charge in [0.1, 0.15) is 0 Å². The largest absolute Gasteiger partial charge is 0.464 e. The predicted molar refractivity (Wildman–Crippen MR) is 74.7 cm³/mol. The van der Waals surface area contributed by atoms with E-state index in [1.165, 1.54) is 4.90 Å². The molecule has 0 radical (unpaired) electrons. The van der Waals surface area contributed by atoms with Crippen molar-refractivity contribution in [2.75, 3.05) is 13.2 Å². The zero-order valence-corrected chi connectivity index (χ0v) is 12.1. The Labute approximate surface area is 118 Å². The number of carbonyl (C=O) groups is 2. The molecular formula is C14H21N3O3. The van der Waals surface area contributed by atoms with Crippen molar-refractivity contribution in [1.82, 2.24) is 9.88 Å². The number of ether oxygens (including phenoxy) is 1. The second-order valence-electron chi connectivity index (χ2n) is 4.35. The van der Waals surface area contributed by atoms with Crippen molar-refractivity contribution in [1.29, 1.82) is 0 Å². The van der Waals surface area contributed by atoms with E-state index in [1.807, 2.05) is 32.0 Å². The summed E-state index contributed by atoms with van der Waals surface area (Å²) in [5.74, 6) is -1.15. The summed E-state index contributed by atoms with van der Waals surface area (Å²) >= 11 is 0. The van der Waals surface area contributed by atoms with Gasteiger partial charge < -0.3 is 15.4 Å². The molecule has 0 saturated heterocycles. The molecule has 1 aromatic rings. The number of rotatable bonds is 6. The maximum absolute atomic E-state index is 12.2. The fourth-order valence-electron chi connectivity index (χ4n) is 1.76. The first kappa shape index (κ1) is 16.1. The molecule has 1 unspecified atom stereocenters. The number of likely N-dealkylation sites (N-methyl/N-ethyl adjacent to an activating group) is 1. The van der Waals surface area contributed by atoms with E-state index in [2.05, 4.69) is 4.98 Å². The van der Waals surface area contributed by atoms with Gasteiger partial charge in [-0.3, -0.25) is 9.78 Å². The maximum atomic E-state index is 12.2. The van der Waals surface area contributed by atoms with Crippen molar-refractivity contribution in [3.63, 3.8) is 0 Å². The quantitative estimate of drug-likeness (QED) is 0.609. The van der Waals surface area contributed by atoms with Gasteiger partial charge in [0.25, 0.3) is 5.91 Å². The van der Waals surface area contributed by atoms with Crippen molar-refractivity contribution in [2.24, 2.45) is 5.73 Å². The van der Waals surface area contributed by atoms with E-state index in [0.717, 1.165) is 11.4 Å². The van der Waals surface area contributed by atoms with E-state index >= 15 is 0 Å². The molecule has 0 spiro atoms. The molecule has 0 bridgehead atoms. The molecule has 0 aromatic carbocycles. The molecule has 20 heavy (non-hydrogen) atoms. The average Bonchev–Trinajstić information content (AvgIpc) is 2.43. The molecule has 1 heterocycles. The van der Waals surface area contributed by atoms with Crippen LogP contribution in [0.5, 0.6) is 0 Å². The third-order valence-electron chi connectivity index (χ3n) is 2.80. The molecule has 6 heteroatoms. The van der Waals surface area contributed by atoms with Crippen molar-refractivity contribution < 1.29 is 14.3 Å². The smallest absolute Gasteiger partial charge is 0.332 e. The summed E-state index contributed by atoms with van der Waals surface area (Å²) in [7, 11) is 0. The summed E-state index contributed by atoms with van der Waals surface area (Å²) in [5.41, 5.74) is 7.26. The molecular weight excluding hydrogens is 258 g/mol. The van der Waals surface area contributed by atoms with Crippen molar-refractivity contribution in [3.05, 3.63) is 29.6 Å². The summed E-state index contributed by atoms with van der Waals surface area (Å²) < 4.78 is 4.76. The van der Waals surface area contributed by atoms with Gasteiger partial charge in [-0.2, -0.15) is 0 Å². The molecule has 2 N–H and O–H groups in total. The predicted octanol–water partition coefficient (Wildman–Crippen LogP) is 0.629. The van der Waals surface area contributed by atoms with E-state index in [0.29, 0.717) is 13.1 Å². The standard InChI is InChI=1S/C14H21N3O3/c1-4-17(9-11-8-6-7-10(3)16-11)13(18)12(15)14(19)20-5-2/h6-8,12H,4-5,9,15H2,1-3H3. The first-order chi connectivity index (χ1) is 9.49. The lowest BCUT2D eigenvalue weighted by Crippen LogP contribution is -2.48. The van der Waals surface area contributed by atoms with Crippen LogP contribution in [0.15, 0.2) is 18.2 Å². The molecule has 0 aliphatic rings. The highest BCUT2D eigenvalue weighted by atomic mass is 16.5. The lowest BCUT2D eigenvalue weighted by atomic mass is 10.2. The second-order valence-corrected chi connectivity index (χ2v) is 4.35. The van der Waals surface area contributed by atoms with Gasteiger partial charge in [0.15, 0.2) is 6.04 Å². The Hall–Kier alpha value is -1.95. The summed E-state index contributed by atoms with van der Waals surface area (Å²) in [6, 6.07) is 4.31. The van der Waals surface area contributed by atoms with Crippen LogP contribution in [0.2, 0.25) is 0 Å². The van der Waals surface area contributed by atoms with Gasteiger partial charge in [-0.15, -0.1) is 0 Å². The SMILES string of the molecule is CCOC(=O)C(N)C(=O)N(CC)Cc1cccc(C)n1. The Morgan fingerprint density at radius 3 is 2.65 bits per heavy atom. The molecule has 6 nitrogen and oxygen atoms in total. The van der Waals surface area contributed by atoms with Gasteiger partial charge >= 0.3 is 5.97 Å². The van der Waals surface area contributed by atoms with Crippen LogP contribution in [0.25, 0.3) is 0 Å². The number of nitrogens with zero attached hydrogens (tertiary/aromatic N) is 2. The number of hydrogen-bond donors (Lipinski definition) is 1. The Morgan fingerprint density at radius 1 is 1.40 bits per heavy atom. The lowest BCUT2D eigenvalue weighted by Gasteiger charge is -2.23. The monoisotopic (exact) mass is 279 g/mol. The number of aromatic nitrogens is 1. The fourth-order valence-corrected chi connectivity index (χ4v) is 1.76. The summed E-state index contributed by atoms with van der Waals surface area (Å²) in [6.07, 6.45) is 0. The normalized spacial score (nSPS) is 11.8. The summed E-state index contributed by atoms with van der Waals surface area (Å²) in [4.78, 5) is 29.5. The van der Waals surface area contributed by atoms with Gasteiger partial charge in [-0.1, -0.05) is 6.07 Å². The molecule has 0 aliphatic heterocycles. The van der Waals surface area contributed by atoms with Crippen LogP contribution >= 0.6 is 0 Å². The minimum Gasteiger partial charge on any atom is -0.464 e. The topological polar surface area (TPSA) is 85.5 Å². The highest BCUT2D eigenvalue weighted by Crippen LogP contribution is 2.05. The minimum atomic E-state index is -1.28. The van der Waals surface area contributed by atoms with Gasteiger partial charge in [-0.05, 0) is 32.9 Å². The number of amides is 1. The van der Waals surface area contributed by atoms with Crippen LogP contribution in [-0.2, 0) is 20.9 Å². The van der Waals surface area contributed by atoms with E-state index in [4.69, 9.17) is 10.5 Å². The number of aryl methyl sites for hydroxylation is 1. The third kappa shape index (κ3) is 4.31. The van der Waals surface area contributed by atoms with Gasteiger partial charge in [0.2, 0.25) is 0 Å². The maximum Gasteiger partial charge on any atom is 0.332 e. The number of nitrogens with two attached hydrogens (primary N) is 1. The Kier molecular flexibility index (Phi) is 6.11. The molecule has 110 valence electrons. The first-order valence-electron chi connectivity index (χ1n) is 6.63. The Morgan fingerprint density at radius 2 is 2.10 bits per heavy atom. The van der Waals surface area contributed by atoms with Gasteiger partial charge in [0.05, 0.1) is 18.8 Å². The van der Waals surface area contributed by atoms with Crippen LogP contribution < -0.4 is 5.73 Å². The number of esters is 1. The van der Waals surface area contributed by atoms with Gasteiger partial charge in [0, 0.05) is 12.2 Å². The lowest BCUT2D eigenvalue weighted by molar-refractivity contribution is -0.151. The molecule has 0 aliphatic carbocycles. The zero-order chi connectivity index (χ0) is 15.1. The highest BCUT2D eigenvalue weighted by molar-refractivity contribution is 6.01. The van der Waals surface area contributed by atoms with Crippen LogP contribution in [0.4, 0.5) is 0 Å². The molecule has 1 rings (SSSR count). The van der Waals surface area contributed by atoms with Crippen LogP contribution in [0, 0.1) is 6.92 Å². The number of carbonyl (C=O) groups excluding carboxylic acids is 2. The molecule has 1 amide bonds. The molecule has 0 fully saturated rings. The zero-order valence-electron chi connectivity index (χ0n) is 12.1. The van der Waals surface area contributed by atoms with Crippen molar-refractivity contribution in [2.45, 2.75) is 33.4 Å². The van der Waals surface area contributed by atoms with Crippen molar-refractivity contribution >= 4 is 11.9 Å². The van der Waals surface area contributed by atoms with Crippen LogP contribution in [0.3, 0.4) is 0 Å². The summed E-state index contributed by atoms with van der Waals surface area (Å²) in [6.45, 7) is 6.35. The Bertz CT molecular complexity index is 476. The van der Waals surface area contributed by atoms with Crippen LogP contribution in [-0.4, -0.2) is 41.0 Å². The molecule has 1 atom stereocenters. The van der Waals surface area contributed by atoms with E-state index in [-0.39, 0.29) is 6.61 Å². The van der Waals surface area contributed by atoms with E-state index in [1.54, 1.807) is 6.92 Å². The van der Waals surface area contributed by atoms with E-state index in [9.17, 15) is 9.59 Å². The number of pyridine rings is 1. The molecule has 0 saturated carbocycles. The fraction of sp³-hybridized carbons (Fsp3) is 0.500. The highest BCUT2D eigenvalue weighted by Gasteiger charge is 2.27. The minimum absolute atomic E-state index is 0.200. The first-order valence-corrected chi connectivity index (χ1v) is 6.63. The van der Waals surface area contributed by atoms with Crippen molar-refractivity contribution in [3.8, 4) is 0 Å². The number of hydrogen-bond acceptors (Lipinski definition) is 5. The Balaban J connectivity index is 2.75. The van der Waals surface area contributed by atoms with Crippen LogP contribution in [0.1, 0.15) is 25.2 Å². The third-order valence-corrected chi connectivity index (χ3v) is 2.80. The van der Waals surface area contributed by atoms with Gasteiger partial charge in [-0.25, -0.2) is 4.79 Å². The second kappa shape index (κ2) is 7.59.